The molecule has 0 aromatic heterocycles. The van der Waals surface area contributed by atoms with Gasteiger partial charge in [-0.15, -0.1) is 0 Å². The number of amides is 2. The van der Waals surface area contributed by atoms with Crippen LogP contribution in [0, 0.1) is 0 Å². The number of sulfonamides is 1. The molecule has 0 bridgehead atoms. The zero-order valence-corrected chi connectivity index (χ0v) is 22.9. The normalized spacial score (nSPS) is 15.3. The van der Waals surface area contributed by atoms with Crippen LogP contribution in [0.15, 0.2) is 53.0 Å². The summed E-state index contributed by atoms with van der Waals surface area (Å²) in [6.07, 6.45) is -0.191. The third-order valence-electron chi connectivity index (χ3n) is 6.25. The Morgan fingerprint density at radius 2 is 1.76 bits per heavy atom. The number of nitrogens with zero attached hydrogens (tertiary/aromatic N) is 2. The molecule has 1 aliphatic carbocycles. The molecule has 1 atom stereocenters. The van der Waals surface area contributed by atoms with E-state index in [4.69, 9.17) is 0 Å². The molecule has 3 rings (SSSR count). The summed E-state index contributed by atoms with van der Waals surface area (Å²) in [5, 5.41) is 2.95. The smallest absolute Gasteiger partial charge is 0.352 e. The maximum Gasteiger partial charge on any atom is 0.416 e. The van der Waals surface area contributed by atoms with Gasteiger partial charge in [-0.2, -0.15) is 13.2 Å². The number of benzene rings is 2. The van der Waals surface area contributed by atoms with Crippen LogP contribution in [0.1, 0.15) is 43.7 Å². The maximum absolute atomic E-state index is 13.5. The largest absolute Gasteiger partial charge is 0.416 e. The van der Waals surface area contributed by atoms with E-state index in [-0.39, 0.29) is 24.2 Å². The first kappa shape index (κ1) is 29.0. The van der Waals surface area contributed by atoms with Crippen LogP contribution in [0.2, 0.25) is 0 Å². The molecular weight excluding hydrogens is 575 g/mol. The molecule has 2 amide bonds. The van der Waals surface area contributed by atoms with E-state index in [9.17, 15) is 31.2 Å². The number of hydrogen-bond donors (Lipinski definition) is 1. The minimum absolute atomic E-state index is 0.00226. The molecule has 202 valence electrons. The molecule has 2 aromatic rings. The molecule has 0 radical (unpaired) electrons. The van der Waals surface area contributed by atoms with Gasteiger partial charge in [-0.25, -0.2) is 8.42 Å². The second-order valence-electron chi connectivity index (χ2n) is 9.14. The molecule has 0 aliphatic heterocycles. The summed E-state index contributed by atoms with van der Waals surface area (Å²) in [5.41, 5.74) is -0.647. The average Bonchev–Trinajstić information content (AvgIpc) is 3.32. The Kier molecular flexibility index (Phi) is 9.27. The van der Waals surface area contributed by atoms with E-state index in [0.29, 0.717) is 15.9 Å². The fraction of sp³-hybridized carbons (Fsp3) is 0.440. The van der Waals surface area contributed by atoms with Crippen LogP contribution in [-0.2, 0) is 32.3 Å². The highest BCUT2D eigenvalue weighted by atomic mass is 79.9. The Morgan fingerprint density at radius 3 is 2.35 bits per heavy atom. The first-order chi connectivity index (χ1) is 17.3. The van der Waals surface area contributed by atoms with Gasteiger partial charge in [-0.05, 0) is 55.7 Å². The number of anilines is 1. The molecule has 1 N–H and O–H groups in total. The summed E-state index contributed by atoms with van der Waals surface area (Å²) in [5.74, 6) is -1.10. The van der Waals surface area contributed by atoms with Crippen molar-refractivity contribution in [2.45, 2.75) is 57.4 Å². The van der Waals surface area contributed by atoms with Gasteiger partial charge in [0.15, 0.2) is 0 Å². The zero-order chi connectivity index (χ0) is 27.4. The second-order valence-corrected chi connectivity index (χ2v) is 12.0. The van der Waals surface area contributed by atoms with Crippen molar-refractivity contribution >= 4 is 43.5 Å². The Morgan fingerprint density at radius 1 is 1.11 bits per heavy atom. The number of alkyl halides is 3. The van der Waals surface area contributed by atoms with Crippen molar-refractivity contribution < 1.29 is 31.2 Å². The van der Waals surface area contributed by atoms with Gasteiger partial charge in [0.1, 0.15) is 12.6 Å². The van der Waals surface area contributed by atoms with Crippen LogP contribution in [-0.4, -0.2) is 50.0 Å². The molecule has 0 heterocycles. The van der Waals surface area contributed by atoms with E-state index in [0.717, 1.165) is 48.5 Å². The summed E-state index contributed by atoms with van der Waals surface area (Å²) in [7, 11) is -4.14. The van der Waals surface area contributed by atoms with Crippen LogP contribution < -0.4 is 9.62 Å². The predicted molar refractivity (Wildman–Crippen MR) is 138 cm³/mol. The van der Waals surface area contributed by atoms with E-state index in [1.54, 1.807) is 31.2 Å². The minimum atomic E-state index is -4.69. The molecule has 1 saturated carbocycles. The van der Waals surface area contributed by atoms with Gasteiger partial charge in [0.05, 0.1) is 17.5 Å². The third-order valence-corrected chi connectivity index (χ3v) is 7.89. The number of nitrogens with one attached hydrogen (secondary N) is 1. The number of halogens is 4. The van der Waals surface area contributed by atoms with Crippen LogP contribution in [0.5, 0.6) is 0 Å². The van der Waals surface area contributed by atoms with Crippen molar-refractivity contribution in [2.75, 3.05) is 17.1 Å². The summed E-state index contributed by atoms with van der Waals surface area (Å²) in [4.78, 5) is 27.8. The standard InChI is InChI=1S/C25H29BrF3N3O4S/c1-17(24(34)30-21-10-3-4-11-21)31(15-18-7-5-9-20(26)13-18)23(33)16-32(37(2,35)36)22-12-6-8-19(14-22)25(27,28)29/h5-9,12-14,17,21H,3-4,10-11,15-16H2,1-2H3,(H,30,34)/t17-/m1/s1. The molecular formula is C25H29BrF3N3O4S. The first-order valence-electron chi connectivity index (χ1n) is 11.7. The molecule has 2 aromatic carbocycles. The maximum atomic E-state index is 13.5. The highest BCUT2D eigenvalue weighted by Gasteiger charge is 2.34. The third kappa shape index (κ3) is 7.94. The summed E-state index contributed by atoms with van der Waals surface area (Å²) >= 11 is 3.37. The number of carbonyl (C=O) groups is 2. The lowest BCUT2D eigenvalue weighted by Crippen LogP contribution is -2.52. The molecule has 1 aliphatic rings. The fourth-order valence-corrected chi connectivity index (χ4v) is 5.55. The zero-order valence-electron chi connectivity index (χ0n) is 20.5. The van der Waals surface area contributed by atoms with Gasteiger partial charge < -0.3 is 10.2 Å². The topological polar surface area (TPSA) is 86.8 Å². The van der Waals surface area contributed by atoms with Crippen LogP contribution in [0.3, 0.4) is 0 Å². The summed E-state index contributed by atoms with van der Waals surface area (Å²) in [6, 6.07) is 9.92. The SMILES string of the molecule is C[C@H](C(=O)NC1CCCC1)N(Cc1cccc(Br)c1)C(=O)CN(c1cccc(C(F)(F)F)c1)S(C)(=O)=O. The van der Waals surface area contributed by atoms with Crippen LogP contribution in [0.25, 0.3) is 0 Å². The Hall–Kier alpha value is -2.60. The van der Waals surface area contributed by atoms with Crippen molar-refractivity contribution in [1.29, 1.82) is 0 Å². The van der Waals surface area contributed by atoms with Crippen molar-refractivity contribution in [2.24, 2.45) is 0 Å². The Labute approximate surface area is 223 Å². The summed E-state index contributed by atoms with van der Waals surface area (Å²) in [6.45, 7) is 0.780. The van der Waals surface area contributed by atoms with Crippen LogP contribution >= 0.6 is 15.9 Å². The molecule has 7 nitrogen and oxygen atoms in total. The molecule has 37 heavy (non-hydrogen) atoms. The number of rotatable bonds is 9. The van der Waals surface area contributed by atoms with Gasteiger partial charge >= 0.3 is 6.18 Å². The summed E-state index contributed by atoms with van der Waals surface area (Å²) < 4.78 is 66.3. The molecule has 0 unspecified atom stereocenters. The quantitative estimate of drug-likeness (QED) is 0.450. The van der Waals surface area contributed by atoms with Gasteiger partial charge in [0.2, 0.25) is 21.8 Å². The van der Waals surface area contributed by atoms with Gasteiger partial charge in [0.25, 0.3) is 0 Å². The highest BCUT2D eigenvalue weighted by molar-refractivity contribution is 9.10. The van der Waals surface area contributed by atoms with Gasteiger partial charge in [-0.1, -0.05) is 47.0 Å². The van der Waals surface area contributed by atoms with Crippen molar-refractivity contribution in [1.82, 2.24) is 10.2 Å². The van der Waals surface area contributed by atoms with Crippen molar-refractivity contribution in [3.05, 3.63) is 64.1 Å². The van der Waals surface area contributed by atoms with Gasteiger partial charge in [-0.3, -0.25) is 13.9 Å². The fourth-order valence-electron chi connectivity index (χ4n) is 4.26. The monoisotopic (exact) mass is 603 g/mol. The van der Waals surface area contributed by atoms with E-state index in [1.807, 2.05) is 0 Å². The molecule has 12 heteroatoms. The van der Waals surface area contributed by atoms with Crippen molar-refractivity contribution in [3.63, 3.8) is 0 Å². The minimum Gasteiger partial charge on any atom is -0.352 e. The van der Waals surface area contributed by atoms with Gasteiger partial charge in [0, 0.05) is 17.1 Å². The van der Waals surface area contributed by atoms with Crippen LogP contribution in [0.4, 0.5) is 18.9 Å². The van der Waals surface area contributed by atoms with E-state index >= 15 is 0 Å². The predicted octanol–water partition coefficient (Wildman–Crippen LogP) is 4.71. The molecule has 0 spiro atoms. The Balaban J connectivity index is 1.92. The Bertz CT molecular complexity index is 1230. The first-order valence-corrected chi connectivity index (χ1v) is 14.4. The van der Waals surface area contributed by atoms with E-state index in [2.05, 4.69) is 21.2 Å². The lowest BCUT2D eigenvalue weighted by Gasteiger charge is -2.32. The lowest BCUT2D eigenvalue weighted by molar-refractivity contribution is -0.139. The second kappa shape index (κ2) is 11.8. The highest BCUT2D eigenvalue weighted by Crippen LogP contribution is 2.32. The molecule has 0 saturated heterocycles. The van der Waals surface area contributed by atoms with Crippen molar-refractivity contribution in [3.8, 4) is 0 Å². The number of carbonyl (C=O) groups excluding carboxylic acids is 2. The van der Waals surface area contributed by atoms with E-state index in [1.165, 1.54) is 11.0 Å². The average molecular weight is 604 g/mol. The molecule has 1 fully saturated rings. The number of hydrogen-bond acceptors (Lipinski definition) is 4. The van der Waals surface area contributed by atoms with E-state index < -0.39 is 40.3 Å². The lowest BCUT2D eigenvalue weighted by atomic mass is 10.1.